The molecule has 2 aromatic carbocycles. The van der Waals surface area contributed by atoms with Crippen molar-refractivity contribution in [2.45, 2.75) is 13.1 Å². The third-order valence-electron chi connectivity index (χ3n) is 4.41. The SMILES string of the molecule is O=C(NCc1nc2ccccc2n1Cc1ccc(Cl)c(Cl)c1)c1ccncc1. The molecule has 1 N–H and O–H groups in total. The highest BCUT2D eigenvalue weighted by Crippen LogP contribution is 2.24. The Hall–Kier alpha value is -2.89. The zero-order valence-corrected chi connectivity index (χ0v) is 16.3. The van der Waals surface area contributed by atoms with Crippen LogP contribution in [0, 0.1) is 0 Å². The highest BCUT2D eigenvalue weighted by molar-refractivity contribution is 6.42. The van der Waals surface area contributed by atoms with Crippen molar-refractivity contribution in [3.8, 4) is 0 Å². The van der Waals surface area contributed by atoms with Crippen molar-refractivity contribution in [3.63, 3.8) is 0 Å². The highest BCUT2D eigenvalue weighted by atomic mass is 35.5. The molecule has 2 heterocycles. The van der Waals surface area contributed by atoms with Gasteiger partial charge in [0.05, 0.1) is 27.6 Å². The van der Waals surface area contributed by atoms with Crippen molar-refractivity contribution in [2.24, 2.45) is 0 Å². The summed E-state index contributed by atoms with van der Waals surface area (Å²) in [4.78, 5) is 21.0. The van der Waals surface area contributed by atoms with E-state index < -0.39 is 0 Å². The number of rotatable bonds is 5. The van der Waals surface area contributed by atoms with E-state index in [2.05, 4.69) is 14.9 Å². The van der Waals surface area contributed by atoms with E-state index in [0.717, 1.165) is 22.4 Å². The van der Waals surface area contributed by atoms with Gasteiger partial charge in [-0.3, -0.25) is 9.78 Å². The van der Waals surface area contributed by atoms with E-state index in [0.29, 0.717) is 28.7 Å². The topological polar surface area (TPSA) is 59.8 Å². The normalized spacial score (nSPS) is 10.9. The van der Waals surface area contributed by atoms with E-state index >= 15 is 0 Å². The number of nitrogens with zero attached hydrogens (tertiary/aromatic N) is 3. The fraction of sp³-hybridized carbons (Fsp3) is 0.0952. The number of halogens is 2. The molecule has 28 heavy (non-hydrogen) atoms. The van der Waals surface area contributed by atoms with Gasteiger partial charge in [0, 0.05) is 24.5 Å². The minimum absolute atomic E-state index is 0.171. The number of aromatic nitrogens is 3. The second-order valence-electron chi connectivity index (χ2n) is 6.27. The Kier molecular flexibility index (Phi) is 5.28. The summed E-state index contributed by atoms with van der Waals surface area (Å²) in [7, 11) is 0. The number of para-hydroxylation sites is 2. The predicted octanol–water partition coefficient (Wildman–Crippen LogP) is 4.72. The Labute approximate surface area is 171 Å². The number of nitrogens with one attached hydrogen (secondary N) is 1. The van der Waals surface area contributed by atoms with Crippen LogP contribution < -0.4 is 5.32 Å². The highest BCUT2D eigenvalue weighted by Gasteiger charge is 2.13. The number of hydrogen-bond donors (Lipinski definition) is 1. The van der Waals surface area contributed by atoms with Crippen LogP contribution >= 0.6 is 23.2 Å². The molecule has 5 nitrogen and oxygen atoms in total. The number of carbonyl (C=O) groups excluding carboxylic acids is 1. The van der Waals surface area contributed by atoms with Crippen LogP contribution in [0.4, 0.5) is 0 Å². The average molecular weight is 411 g/mol. The van der Waals surface area contributed by atoms with Crippen molar-refractivity contribution in [1.29, 1.82) is 0 Å². The fourth-order valence-electron chi connectivity index (χ4n) is 3.02. The van der Waals surface area contributed by atoms with Gasteiger partial charge in [-0.1, -0.05) is 41.4 Å². The molecule has 0 spiro atoms. The van der Waals surface area contributed by atoms with Crippen molar-refractivity contribution in [2.75, 3.05) is 0 Å². The maximum absolute atomic E-state index is 12.4. The van der Waals surface area contributed by atoms with Crippen molar-refractivity contribution < 1.29 is 4.79 Å². The lowest BCUT2D eigenvalue weighted by Crippen LogP contribution is -2.24. The smallest absolute Gasteiger partial charge is 0.251 e. The van der Waals surface area contributed by atoms with Crippen LogP contribution in [0.15, 0.2) is 67.0 Å². The number of carbonyl (C=O) groups is 1. The van der Waals surface area contributed by atoms with Crippen LogP contribution in [0.3, 0.4) is 0 Å². The minimum atomic E-state index is -0.171. The Balaban J connectivity index is 1.63. The summed E-state index contributed by atoms with van der Waals surface area (Å²) in [6, 6.07) is 16.8. The molecule has 7 heteroatoms. The Bertz CT molecular complexity index is 1140. The zero-order valence-electron chi connectivity index (χ0n) is 14.8. The molecule has 0 bridgehead atoms. The van der Waals surface area contributed by atoms with Gasteiger partial charge in [0.1, 0.15) is 5.82 Å². The van der Waals surface area contributed by atoms with Gasteiger partial charge in [0.15, 0.2) is 0 Å². The lowest BCUT2D eigenvalue weighted by atomic mass is 10.2. The maximum Gasteiger partial charge on any atom is 0.251 e. The lowest BCUT2D eigenvalue weighted by molar-refractivity contribution is 0.0949. The van der Waals surface area contributed by atoms with Gasteiger partial charge >= 0.3 is 0 Å². The molecule has 0 fully saturated rings. The number of imidazole rings is 1. The largest absolute Gasteiger partial charge is 0.345 e. The van der Waals surface area contributed by atoms with Crippen molar-refractivity contribution in [1.82, 2.24) is 19.9 Å². The van der Waals surface area contributed by atoms with Gasteiger partial charge in [-0.2, -0.15) is 0 Å². The molecule has 0 atom stereocenters. The zero-order chi connectivity index (χ0) is 19.5. The first-order valence-electron chi connectivity index (χ1n) is 8.68. The standard InChI is InChI=1S/C21H16Cl2N4O/c22-16-6-5-14(11-17(16)23)13-27-19-4-2-1-3-18(19)26-20(27)12-25-21(28)15-7-9-24-10-8-15/h1-11H,12-13H2,(H,25,28). The van der Waals surface area contributed by atoms with E-state index in [-0.39, 0.29) is 5.91 Å². The van der Waals surface area contributed by atoms with Crippen molar-refractivity contribution in [3.05, 3.63) is 94.0 Å². The van der Waals surface area contributed by atoms with E-state index in [1.165, 1.54) is 0 Å². The van der Waals surface area contributed by atoms with E-state index in [9.17, 15) is 4.79 Å². The van der Waals surface area contributed by atoms with Crippen LogP contribution in [0.5, 0.6) is 0 Å². The van der Waals surface area contributed by atoms with Gasteiger partial charge in [-0.15, -0.1) is 0 Å². The summed E-state index contributed by atoms with van der Waals surface area (Å²) in [5.41, 5.74) is 3.42. The summed E-state index contributed by atoms with van der Waals surface area (Å²) >= 11 is 12.2. The number of benzene rings is 2. The van der Waals surface area contributed by atoms with Crippen molar-refractivity contribution >= 4 is 40.1 Å². The monoisotopic (exact) mass is 410 g/mol. The van der Waals surface area contributed by atoms with E-state index in [1.807, 2.05) is 36.4 Å². The summed E-state index contributed by atoms with van der Waals surface area (Å²) < 4.78 is 2.07. The quantitative estimate of drug-likeness (QED) is 0.517. The number of amides is 1. The number of pyridine rings is 1. The van der Waals surface area contributed by atoms with Gasteiger partial charge in [-0.25, -0.2) is 4.98 Å². The minimum Gasteiger partial charge on any atom is -0.345 e. The molecule has 0 saturated heterocycles. The van der Waals surface area contributed by atoms with Gasteiger partial charge in [0.25, 0.3) is 5.91 Å². The number of hydrogen-bond acceptors (Lipinski definition) is 3. The fourth-order valence-corrected chi connectivity index (χ4v) is 3.34. The van der Waals surface area contributed by atoms with Gasteiger partial charge < -0.3 is 9.88 Å². The predicted molar refractivity (Wildman–Crippen MR) is 111 cm³/mol. The second kappa shape index (κ2) is 8.00. The second-order valence-corrected chi connectivity index (χ2v) is 7.08. The molecule has 0 aliphatic carbocycles. The molecule has 0 aliphatic heterocycles. The molecular formula is C21H16Cl2N4O. The Morgan fingerprint density at radius 2 is 1.79 bits per heavy atom. The average Bonchev–Trinajstić information content (AvgIpc) is 3.07. The molecule has 1 amide bonds. The first-order chi connectivity index (χ1) is 13.6. The van der Waals surface area contributed by atoms with Crippen LogP contribution in [0.2, 0.25) is 10.0 Å². The molecule has 2 aromatic heterocycles. The molecule has 140 valence electrons. The third-order valence-corrected chi connectivity index (χ3v) is 5.15. The van der Waals surface area contributed by atoms with E-state index in [4.69, 9.17) is 28.2 Å². The lowest BCUT2D eigenvalue weighted by Gasteiger charge is -2.11. The molecule has 4 aromatic rings. The molecular weight excluding hydrogens is 395 g/mol. The molecule has 0 unspecified atom stereocenters. The van der Waals surface area contributed by atoms with Crippen LogP contribution in [-0.2, 0) is 13.1 Å². The van der Waals surface area contributed by atoms with Crippen LogP contribution in [0.1, 0.15) is 21.7 Å². The van der Waals surface area contributed by atoms with E-state index in [1.54, 1.807) is 30.6 Å². The molecule has 4 rings (SSSR count). The summed E-state index contributed by atoms with van der Waals surface area (Å²) in [5.74, 6) is 0.588. The summed E-state index contributed by atoms with van der Waals surface area (Å²) in [6.07, 6.45) is 3.18. The molecule has 0 saturated carbocycles. The summed E-state index contributed by atoms with van der Waals surface area (Å²) in [5, 5.41) is 3.96. The third kappa shape index (κ3) is 3.86. The van der Waals surface area contributed by atoms with Gasteiger partial charge in [0.2, 0.25) is 0 Å². The van der Waals surface area contributed by atoms with Gasteiger partial charge in [-0.05, 0) is 42.0 Å². The van der Waals surface area contributed by atoms with Crippen LogP contribution in [-0.4, -0.2) is 20.4 Å². The Morgan fingerprint density at radius 3 is 2.57 bits per heavy atom. The summed E-state index contributed by atoms with van der Waals surface area (Å²) in [6.45, 7) is 0.870. The Morgan fingerprint density at radius 1 is 1.00 bits per heavy atom. The first-order valence-corrected chi connectivity index (χ1v) is 9.44. The molecule has 0 aliphatic rings. The maximum atomic E-state index is 12.4. The van der Waals surface area contributed by atoms with Crippen LogP contribution in [0.25, 0.3) is 11.0 Å². The number of fused-ring (bicyclic) bond motifs is 1. The molecule has 0 radical (unpaired) electrons. The first kappa shape index (κ1) is 18.5.